The molecule has 0 N–H and O–H groups in total. The van der Waals surface area contributed by atoms with Crippen molar-refractivity contribution in [2.75, 3.05) is 14.2 Å². The smallest absolute Gasteiger partial charge is 0.323 e. The van der Waals surface area contributed by atoms with Crippen molar-refractivity contribution in [1.29, 1.82) is 0 Å². The summed E-state index contributed by atoms with van der Waals surface area (Å²) in [5, 5.41) is 0. The van der Waals surface area contributed by atoms with Gasteiger partial charge < -0.3 is 9.47 Å². The number of ether oxygens (including phenoxy) is 2. The molecule has 4 rings (SSSR count). The van der Waals surface area contributed by atoms with Crippen molar-refractivity contribution in [3.8, 4) is 0 Å². The highest BCUT2D eigenvalue weighted by atomic mass is 16.5. The number of hydrogen-bond donors (Lipinski definition) is 0. The van der Waals surface area contributed by atoms with Gasteiger partial charge in [-0.2, -0.15) is 0 Å². The molecule has 0 amide bonds. The number of benzene rings is 1. The van der Waals surface area contributed by atoms with Gasteiger partial charge >= 0.3 is 11.9 Å². The topological polar surface area (TPSA) is 52.6 Å². The molecular weight excluding hydrogens is 280 g/mol. The number of fused-ring (bicyclic) bond motifs is 6. The Bertz CT molecular complexity index is 619. The molecule has 3 aliphatic rings. The van der Waals surface area contributed by atoms with Gasteiger partial charge in [-0.05, 0) is 66.2 Å². The van der Waals surface area contributed by atoms with Gasteiger partial charge in [0.1, 0.15) is 0 Å². The predicted octanol–water partition coefficient (Wildman–Crippen LogP) is 2.48. The van der Waals surface area contributed by atoms with Crippen LogP contribution in [0.15, 0.2) is 12.1 Å². The number of rotatable bonds is 2. The van der Waals surface area contributed by atoms with Gasteiger partial charge in [0, 0.05) is 0 Å². The lowest BCUT2D eigenvalue weighted by Gasteiger charge is -2.22. The summed E-state index contributed by atoms with van der Waals surface area (Å²) in [6, 6.07) is 4.48. The lowest BCUT2D eigenvalue weighted by Crippen LogP contribution is -2.42. The molecule has 1 aromatic carbocycles. The first kappa shape index (κ1) is 13.8. The number of methoxy groups -OCH3 is 2. The molecule has 0 aromatic heterocycles. The van der Waals surface area contributed by atoms with Gasteiger partial charge in [-0.3, -0.25) is 9.59 Å². The minimum atomic E-state index is -1.19. The molecule has 2 bridgehead atoms. The average Bonchev–Trinajstić information content (AvgIpc) is 3.23. The molecule has 3 aliphatic carbocycles. The van der Waals surface area contributed by atoms with E-state index in [0.29, 0.717) is 24.7 Å². The number of esters is 2. The first-order valence-corrected chi connectivity index (χ1v) is 7.91. The second-order valence-electron chi connectivity index (χ2n) is 6.88. The monoisotopic (exact) mass is 300 g/mol. The maximum absolute atomic E-state index is 12.3. The summed E-state index contributed by atoms with van der Waals surface area (Å²) in [5.41, 5.74) is 3.92. The van der Waals surface area contributed by atoms with Crippen LogP contribution in [0.5, 0.6) is 0 Å². The van der Waals surface area contributed by atoms with E-state index in [1.807, 2.05) is 0 Å². The standard InChI is InChI=1S/C18H20O4/c1-21-16(19)18(17(20)22-2)8-12-6-14-10-3-4-11(5-10)15(14)7-13(12)9-18/h6-7,10-11H,3-5,8-9H2,1-2H3/t10-,11+. The van der Waals surface area contributed by atoms with E-state index in [9.17, 15) is 9.59 Å². The minimum absolute atomic E-state index is 0.395. The summed E-state index contributed by atoms with van der Waals surface area (Å²) in [7, 11) is 2.66. The maximum Gasteiger partial charge on any atom is 0.323 e. The highest BCUT2D eigenvalue weighted by Crippen LogP contribution is 2.55. The van der Waals surface area contributed by atoms with Gasteiger partial charge in [-0.25, -0.2) is 0 Å². The van der Waals surface area contributed by atoms with E-state index >= 15 is 0 Å². The third-order valence-corrected chi connectivity index (χ3v) is 5.85. The Balaban J connectivity index is 1.76. The average molecular weight is 300 g/mol. The lowest BCUT2D eigenvalue weighted by molar-refractivity contribution is -0.168. The zero-order valence-electron chi connectivity index (χ0n) is 13.0. The SMILES string of the molecule is COC(=O)C1(C(=O)OC)Cc2cc3c(cc2C1)[C@H]1CC[C@@H]3C1. The zero-order valence-corrected chi connectivity index (χ0v) is 13.0. The summed E-state index contributed by atoms with van der Waals surface area (Å²) in [4.78, 5) is 24.6. The van der Waals surface area contributed by atoms with Crippen molar-refractivity contribution in [3.63, 3.8) is 0 Å². The fourth-order valence-electron chi connectivity index (χ4n) is 4.79. The molecule has 116 valence electrons. The van der Waals surface area contributed by atoms with Crippen molar-refractivity contribution < 1.29 is 19.1 Å². The third kappa shape index (κ3) is 1.64. The Kier molecular flexibility index (Phi) is 2.87. The Morgan fingerprint density at radius 3 is 1.82 bits per heavy atom. The van der Waals surface area contributed by atoms with Crippen LogP contribution in [-0.4, -0.2) is 26.2 Å². The molecule has 1 fully saturated rings. The quantitative estimate of drug-likeness (QED) is 0.622. The van der Waals surface area contributed by atoms with Gasteiger partial charge in [0.2, 0.25) is 0 Å². The molecule has 0 aliphatic heterocycles. The van der Waals surface area contributed by atoms with Crippen LogP contribution in [0.4, 0.5) is 0 Å². The molecule has 2 atom stereocenters. The highest BCUT2D eigenvalue weighted by molar-refractivity contribution is 6.01. The van der Waals surface area contributed by atoms with Crippen molar-refractivity contribution in [2.24, 2.45) is 5.41 Å². The molecular formula is C18H20O4. The van der Waals surface area contributed by atoms with Crippen LogP contribution in [0.1, 0.15) is 53.4 Å². The van der Waals surface area contributed by atoms with Crippen molar-refractivity contribution in [3.05, 3.63) is 34.4 Å². The molecule has 4 nitrogen and oxygen atoms in total. The van der Waals surface area contributed by atoms with Gasteiger partial charge in [-0.15, -0.1) is 0 Å². The first-order chi connectivity index (χ1) is 10.6. The summed E-state index contributed by atoms with van der Waals surface area (Å²) in [6.45, 7) is 0. The van der Waals surface area contributed by atoms with E-state index < -0.39 is 17.4 Å². The van der Waals surface area contributed by atoms with Gasteiger partial charge in [0.15, 0.2) is 5.41 Å². The fourth-order valence-corrected chi connectivity index (χ4v) is 4.79. The second kappa shape index (κ2) is 4.58. The van der Waals surface area contributed by atoms with Crippen LogP contribution in [0.2, 0.25) is 0 Å². The van der Waals surface area contributed by atoms with Crippen LogP contribution in [0.3, 0.4) is 0 Å². The fraction of sp³-hybridized carbons (Fsp3) is 0.556. The highest BCUT2D eigenvalue weighted by Gasteiger charge is 2.53. The van der Waals surface area contributed by atoms with E-state index in [1.54, 1.807) is 0 Å². The van der Waals surface area contributed by atoms with Crippen LogP contribution >= 0.6 is 0 Å². The van der Waals surface area contributed by atoms with Crippen molar-refractivity contribution in [2.45, 2.75) is 43.9 Å². The molecule has 22 heavy (non-hydrogen) atoms. The molecule has 0 spiro atoms. The minimum Gasteiger partial charge on any atom is -0.468 e. The molecule has 0 heterocycles. The molecule has 1 saturated carbocycles. The Morgan fingerprint density at radius 2 is 1.41 bits per heavy atom. The largest absolute Gasteiger partial charge is 0.468 e. The van der Waals surface area contributed by atoms with Crippen LogP contribution in [0.25, 0.3) is 0 Å². The van der Waals surface area contributed by atoms with E-state index in [-0.39, 0.29) is 0 Å². The Hall–Kier alpha value is -1.84. The number of hydrogen-bond acceptors (Lipinski definition) is 4. The predicted molar refractivity (Wildman–Crippen MR) is 79.6 cm³/mol. The molecule has 1 aromatic rings. The summed E-state index contributed by atoms with van der Waals surface area (Å²) in [6.07, 6.45) is 4.61. The van der Waals surface area contributed by atoms with Gasteiger partial charge in [-0.1, -0.05) is 12.1 Å². The van der Waals surface area contributed by atoms with E-state index in [1.165, 1.54) is 44.6 Å². The zero-order chi connectivity index (χ0) is 15.5. The Morgan fingerprint density at radius 1 is 0.955 bits per heavy atom. The Labute approximate surface area is 129 Å². The number of carbonyl (C=O) groups excluding carboxylic acids is 2. The lowest BCUT2D eigenvalue weighted by atomic mass is 9.85. The van der Waals surface area contributed by atoms with Gasteiger partial charge in [0.05, 0.1) is 14.2 Å². The first-order valence-electron chi connectivity index (χ1n) is 7.91. The maximum atomic E-state index is 12.3. The molecule has 4 heteroatoms. The van der Waals surface area contributed by atoms with Crippen molar-refractivity contribution >= 4 is 11.9 Å². The second-order valence-corrected chi connectivity index (χ2v) is 6.88. The molecule has 0 radical (unpaired) electrons. The van der Waals surface area contributed by atoms with E-state index in [4.69, 9.17) is 9.47 Å². The summed E-state index contributed by atoms with van der Waals surface area (Å²) in [5.74, 6) is 0.380. The number of carbonyl (C=O) groups is 2. The van der Waals surface area contributed by atoms with Crippen molar-refractivity contribution in [1.82, 2.24) is 0 Å². The van der Waals surface area contributed by atoms with Gasteiger partial charge in [0.25, 0.3) is 0 Å². The van der Waals surface area contributed by atoms with Crippen LogP contribution < -0.4 is 0 Å². The molecule has 0 saturated heterocycles. The van der Waals surface area contributed by atoms with Crippen LogP contribution in [-0.2, 0) is 31.9 Å². The van der Waals surface area contributed by atoms with E-state index in [2.05, 4.69) is 12.1 Å². The summed E-state index contributed by atoms with van der Waals surface area (Å²) >= 11 is 0. The molecule has 0 unspecified atom stereocenters. The summed E-state index contributed by atoms with van der Waals surface area (Å²) < 4.78 is 9.81. The third-order valence-electron chi connectivity index (χ3n) is 5.85. The normalized spacial score (nSPS) is 26.5. The van der Waals surface area contributed by atoms with E-state index in [0.717, 1.165) is 11.1 Å². The van der Waals surface area contributed by atoms with Crippen LogP contribution in [0, 0.1) is 5.41 Å².